The van der Waals surface area contributed by atoms with Crippen LogP contribution < -0.4 is 15.4 Å². The fraction of sp³-hybridized carbons (Fsp3) is 0.556. The first-order valence-electron chi connectivity index (χ1n) is 8.68. The summed E-state index contributed by atoms with van der Waals surface area (Å²) in [4.78, 5) is 20.9. The zero-order valence-electron chi connectivity index (χ0n) is 15.0. The van der Waals surface area contributed by atoms with Gasteiger partial charge in [-0.3, -0.25) is 4.79 Å². The van der Waals surface area contributed by atoms with E-state index in [4.69, 9.17) is 14.9 Å². The topological polar surface area (TPSA) is 128 Å². The number of carboxylic acid groups (broad SMARTS) is 2. The maximum absolute atomic E-state index is 10.4. The van der Waals surface area contributed by atoms with Crippen LogP contribution in [0.25, 0.3) is 0 Å². The van der Waals surface area contributed by atoms with Gasteiger partial charge in [-0.2, -0.15) is 0 Å². The maximum atomic E-state index is 10.4. The zero-order chi connectivity index (χ0) is 19.4. The average molecular weight is 368 g/mol. The summed E-state index contributed by atoms with van der Waals surface area (Å²) < 4.78 is 5.51. The Kier molecular flexibility index (Phi) is 10.1. The second kappa shape index (κ2) is 12.1. The Morgan fingerprint density at radius 2 is 1.85 bits per heavy atom. The molecule has 0 radical (unpaired) electrons. The standard InChI is InChI=1S/C18H28N2O6/c1-13(4-2-3-5-17(22)23)19-11-15(21)12-26-16-8-6-14(7-9-16)10-20-18(24)25/h6-9,13,15,19-21H,2-5,10-12H2,1H3,(H,22,23)(H,24,25). The number of benzene rings is 1. The molecule has 1 aromatic rings. The number of nitrogens with one attached hydrogen (secondary N) is 2. The van der Waals surface area contributed by atoms with Crippen molar-refractivity contribution in [2.24, 2.45) is 0 Å². The largest absolute Gasteiger partial charge is 0.491 e. The SMILES string of the molecule is CC(CCCCC(=O)O)NCC(O)COc1ccc(CNC(=O)O)cc1. The Bertz CT molecular complexity index is 549. The molecule has 0 aliphatic rings. The molecule has 0 spiro atoms. The highest BCUT2D eigenvalue weighted by Gasteiger charge is 2.09. The molecule has 1 rings (SSSR count). The molecule has 0 aliphatic carbocycles. The lowest BCUT2D eigenvalue weighted by Crippen LogP contribution is -2.36. The minimum atomic E-state index is -1.07. The van der Waals surface area contributed by atoms with Crippen LogP contribution in [-0.4, -0.2) is 52.7 Å². The molecular weight excluding hydrogens is 340 g/mol. The van der Waals surface area contributed by atoms with Crippen LogP contribution in [0.5, 0.6) is 5.75 Å². The smallest absolute Gasteiger partial charge is 0.404 e. The fourth-order valence-corrected chi connectivity index (χ4v) is 2.30. The maximum Gasteiger partial charge on any atom is 0.404 e. The predicted molar refractivity (Wildman–Crippen MR) is 96.4 cm³/mol. The van der Waals surface area contributed by atoms with Gasteiger partial charge in [0.05, 0.1) is 0 Å². The number of aliphatic carboxylic acids is 1. The number of hydrogen-bond acceptors (Lipinski definition) is 5. The average Bonchev–Trinajstić information content (AvgIpc) is 2.60. The Labute approximate surface area is 153 Å². The van der Waals surface area contributed by atoms with Crippen LogP contribution in [0.15, 0.2) is 24.3 Å². The fourth-order valence-electron chi connectivity index (χ4n) is 2.30. The van der Waals surface area contributed by atoms with Gasteiger partial charge in [0.1, 0.15) is 18.5 Å². The number of amides is 1. The van der Waals surface area contributed by atoms with Crippen molar-refractivity contribution in [2.75, 3.05) is 13.2 Å². The molecule has 2 atom stereocenters. The third kappa shape index (κ3) is 10.5. The van der Waals surface area contributed by atoms with Gasteiger partial charge in [-0.1, -0.05) is 18.6 Å². The highest BCUT2D eigenvalue weighted by Crippen LogP contribution is 2.12. The summed E-state index contributed by atoms with van der Waals surface area (Å²) in [7, 11) is 0. The molecule has 2 unspecified atom stereocenters. The van der Waals surface area contributed by atoms with Crippen LogP contribution in [-0.2, 0) is 11.3 Å². The van der Waals surface area contributed by atoms with Crippen molar-refractivity contribution in [2.45, 2.75) is 51.3 Å². The minimum absolute atomic E-state index is 0.144. The highest BCUT2D eigenvalue weighted by atomic mass is 16.5. The molecule has 1 amide bonds. The summed E-state index contributed by atoms with van der Waals surface area (Å²) in [5, 5.41) is 32.6. The second-order valence-corrected chi connectivity index (χ2v) is 6.22. The number of rotatable bonds is 13. The number of carbonyl (C=O) groups is 2. The highest BCUT2D eigenvalue weighted by molar-refractivity contribution is 5.66. The number of carboxylic acids is 1. The normalized spacial score (nSPS) is 13.0. The van der Waals surface area contributed by atoms with Crippen molar-refractivity contribution < 1.29 is 29.6 Å². The lowest BCUT2D eigenvalue weighted by molar-refractivity contribution is -0.137. The van der Waals surface area contributed by atoms with E-state index in [0.717, 1.165) is 18.4 Å². The Hall–Kier alpha value is -2.32. The first kappa shape index (κ1) is 21.7. The van der Waals surface area contributed by atoms with Crippen molar-refractivity contribution in [1.82, 2.24) is 10.6 Å². The predicted octanol–water partition coefficient (Wildman–Crippen LogP) is 1.82. The van der Waals surface area contributed by atoms with E-state index in [1.165, 1.54) is 0 Å². The van der Waals surface area contributed by atoms with Gasteiger partial charge in [0.25, 0.3) is 0 Å². The molecule has 0 heterocycles. The van der Waals surface area contributed by atoms with Gasteiger partial charge in [0.2, 0.25) is 0 Å². The third-order valence-corrected chi connectivity index (χ3v) is 3.79. The van der Waals surface area contributed by atoms with Crippen LogP contribution >= 0.6 is 0 Å². The van der Waals surface area contributed by atoms with Gasteiger partial charge >= 0.3 is 12.1 Å². The molecule has 1 aromatic carbocycles. The molecule has 0 aliphatic heterocycles. The molecule has 5 N–H and O–H groups in total. The molecular formula is C18H28N2O6. The lowest BCUT2D eigenvalue weighted by atomic mass is 10.1. The van der Waals surface area contributed by atoms with E-state index < -0.39 is 18.2 Å². The summed E-state index contributed by atoms with van der Waals surface area (Å²) in [5.74, 6) is -0.172. The van der Waals surface area contributed by atoms with Crippen molar-refractivity contribution in [3.8, 4) is 5.75 Å². The summed E-state index contributed by atoms with van der Waals surface area (Å²) in [6, 6.07) is 7.16. The quantitative estimate of drug-likeness (QED) is 0.336. The van der Waals surface area contributed by atoms with Crippen molar-refractivity contribution in [3.05, 3.63) is 29.8 Å². The van der Waals surface area contributed by atoms with Gasteiger partial charge in [0.15, 0.2) is 0 Å². The lowest BCUT2D eigenvalue weighted by Gasteiger charge is -2.17. The van der Waals surface area contributed by atoms with Crippen LogP contribution in [0.3, 0.4) is 0 Å². The van der Waals surface area contributed by atoms with Gasteiger partial charge in [0, 0.05) is 25.6 Å². The number of aliphatic hydroxyl groups is 1. The zero-order valence-corrected chi connectivity index (χ0v) is 15.0. The van der Waals surface area contributed by atoms with Crippen molar-refractivity contribution in [3.63, 3.8) is 0 Å². The molecule has 0 aromatic heterocycles. The number of unbranched alkanes of at least 4 members (excludes halogenated alkanes) is 1. The first-order valence-corrected chi connectivity index (χ1v) is 8.68. The van der Waals surface area contributed by atoms with Gasteiger partial charge in [-0.25, -0.2) is 4.79 Å². The summed E-state index contributed by atoms with van der Waals surface area (Å²) in [5.41, 5.74) is 0.818. The van der Waals surface area contributed by atoms with E-state index in [-0.39, 0.29) is 25.6 Å². The molecule has 0 saturated heterocycles. The van der Waals surface area contributed by atoms with E-state index in [1.807, 2.05) is 6.92 Å². The van der Waals surface area contributed by atoms with Gasteiger partial charge in [-0.15, -0.1) is 0 Å². The Morgan fingerprint density at radius 3 is 2.46 bits per heavy atom. The molecule has 146 valence electrons. The van der Waals surface area contributed by atoms with Gasteiger partial charge in [-0.05, 0) is 37.5 Å². The monoisotopic (exact) mass is 368 g/mol. The van der Waals surface area contributed by atoms with Crippen LogP contribution in [0.2, 0.25) is 0 Å². The summed E-state index contributed by atoms with van der Waals surface area (Å²) >= 11 is 0. The van der Waals surface area contributed by atoms with Gasteiger partial charge < -0.3 is 30.7 Å². The van der Waals surface area contributed by atoms with Crippen molar-refractivity contribution in [1.29, 1.82) is 0 Å². The van der Waals surface area contributed by atoms with E-state index in [2.05, 4.69) is 10.6 Å². The number of ether oxygens (including phenoxy) is 1. The summed E-state index contributed by atoms with van der Waals surface area (Å²) in [6.45, 7) is 2.76. The molecule has 0 bridgehead atoms. The Balaban J connectivity index is 2.18. The molecule has 0 fully saturated rings. The Morgan fingerprint density at radius 1 is 1.15 bits per heavy atom. The molecule has 8 heteroatoms. The van der Waals surface area contributed by atoms with Crippen LogP contribution in [0.1, 0.15) is 38.2 Å². The van der Waals surface area contributed by atoms with Crippen LogP contribution in [0, 0.1) is 0 Å². The molecule has 26 heavy (non-hydrogen) atoms. The van der Waals surface area contributed by atoms with Crippen LogP contribution in [0.4, 0.5) is 4.79 Å². The minimum Gasteiger partial charge on any atom is -0.491 e. The van der Waals surface area contributed by atoms with E-state index in [9.17, 15) is 14.7 Å². The van der Waals surface area contributed by atoms with E-state index in [0.29, 0.717) is 18.7 Å². The first-order chi connectivity index (χ1) is 12.4. The number of hydrogen-bond donors (Lipinski definition) is 5. The molecule has 8 nitrogen and oxygen atoms in total. The summed E-state index contributed by atoms with van der Waals surface area (Å²) in [6.07, 6.45) is 0.796. The van der Waals surface area contributed by atoms with Crippen molar-refractivity contribution >= 4 is 12.1 Å². The number of aliphatic hydroxyl groups excluding tert-OH is 1. The van der Waals surface area contributed by atoms with E-state index in [1.54, 1.807) is 24.3 Å². The van der Waals surface area contributed by atoms with E-state index >= 15 is 0 Å². The molecule has 0 saturated carbocycles. The second-order valence-electron chi connectivity index (χ2n) is 6.22. The third-order valence-electron chi connectivity index (χ3n) is 3.79.